The number of pyridine rings is 1. The first-order chi connectivity index (χ1) is 8.15. The molecule has 0 unspecified atom stereocenters. The van der Waals surface area contributed by atoms with Crippen molar-refractivity contribution in [3.8, 4) is 0 Å². The maximum Gasteiger partial charge on any atom is 0.0684 e. The Kier molecular flexibility index (Phi) is 4.31. The van der Waals surface area contributed by atoms with Gasteiger partial charge in [-0.05, 0) is 37.9 Å². The fraction of sp³-hybridized carbons (Fsp3) is 0.273. The summed E-state index contributed by atoms with van der Waals surface area (Å²) in [5.41, 5.74) is 2.16. The van der Waals surface area contributed by atoms with Crippen molar-refractivity contribution in [2.24, 2.45) is 7.05 Å². The quantitative estimate of drug-likeness (QED) is 0.912. The number of halogens is 2. The van der Waals surface area contributed by atoms with Gasteiger partial charge in [-0.3, -0.25) is 9.67 Å². The number of aromatic nitrogens is 3. The third-order valence-electron chi connectivity index (χ3n) is 2.26. The van der Waals surface area contributed by atoms with Gasteiger partial charge >= 0.3 is 0 Å². The van der Waals surface area contributed by atoms with Crippen LogP contribution in [0.3, 0.4) is 0 Å². The minimum Gasteiger partial charge on any atom is -0.307 e. The van der Waals surface area contributed by atoms with E-state index in [0.717, 1.165) is 27.7 Å². The second-order valence-electron chi connectivity index (χ2n) is 3.71. The third kappa shape index (κ3) is 3.62. The molecule has 1 N–H and O–H groups in total. The lowest BCUT2D eigenvalue weighted by Gasteiger charge is -2.05. The van der Waals surface area contributed by atoms with E-state index in [1.165, 1.54) is 5.56 Å². The van der Waals surface area contributed by atoms with E-state index < -0.39 is 0 Å². The van der Waals surface area contributed by atoms with E-state index in [4.69, 9.17) is 0 Å². The van der Waals surface area contributed by atoms with E-state index in [0.29, 0.717) is 0 Å². The molecule has 2 rings (SSSR count). The maximum atomic E-state index is 4.34. The molecule has 0 spiro atoms. The summed E-state index contributed by atoms with van der Waals surface area (Å²) in [7, 11) is 1.91. The van der Waals surface area contributed by atoms with E-state index in [2.05, 4.69) is 47.3 Å². The summed E-state index contributed by atoms with van der Waals surface area (Å²) >= 11 is 6.87. The third-order valence-corrected chi connectivity index (χ3v) is 3.38. The first kappa shape index (κ1) is 12.7. The highest BCUT2D eigenvalue weighted by Gasteiger charge is 2.02. The van der Waals surface area contributed by atoms with Crippen LogP contribution >= 0.6 is 31.9 Å². The van der Waals surface area contributed by atoms with E-state index in [9.17, 15) is 0 Å². The van der Waals surface area contributed by atoms with Gasteiger partial charge in [0.1, 0.15) is 0 Å². The molecule has 0 aliphatic carbocycles. The fourth-order valence-electron chi connectivity index (χ4n) is 1.46. The average molecular weight is 360 g/mol. The van der Waals surface area contributed by atoms with Crippen molar-refractivity contribution in [1.29, 1.82) is 0 Å². The molecule has 17 heavy (non-hydrogen) atoms. The van der Waals surface area contributed by atoms with Gasteiger partial charge in [0.25, 0.3) is 0 Å². The zero-order chi connectivity index (χ0) is 12.3. The van der Waals surface area contributed by atoms with Crippen molar-refractivity contribution in [2.45, 2.75) is 13.1 Å². The summed E-state index contributed by atoms with van der Waals surface area (Å²) in [6, 6.07) is 1.99. The van der Waals surface area contributed by atoms with Crippen LogP contribution in [0.5, 0.6) is 0 Å². The lowest BCUT2D eigenvalue weighted by molar-refractivity contribution is 0.676. The van der Waals surface area contributed by atoms with Crippen LogP contribution in [-0.4, -0.2) is 14.8 Å². The number of rotatable bonds is 4. The molecule has 2 aromatic rings. The zero-order valence-electron chi connectivity index (χ0n) is 9.32. The van der Waals surface area contributed by atoms with Gasteiger partial charge in [0.2, 0.25) is 0 Å². The van der Waals surface area contributed by atoms with Crippen molar-refractivity contribution in [3.63, 3.8) is 0 Å². The molecule has 0 aliphatic heterocycles. The van der Waals surface area contributed by atoms with E-state index >= 15 is 0 Å². The van der Waals surface area contributed by atoms with Crippen LogP contribution in [0, 0.1) is 0 Å². The molecule has 6 heteroatoms. The first-order valence-corrected chi connectivity index (χ1v) is 6.72. The summed E-state index contributed by atoms with van der Waals surface area (Å²) in [6.45, 7) is 1.51. The van der Waals surface area contributed by atoms with E-state index in [1.807, 2.05) is 25.5 Å². The Morgan fingerprint density at radius 3 is 2.76 bits per heavy atom. The highest BCUT2D eigenvalue weighted by molar-refractivity contribution is 9.11. The van der Waals surface area contributed by atoms with Gasteiger partial charge in [0.15, 0.2) is 0 Å². The Labute approximate surface area is 117 Å². The van der Waals surface area contributed by atoms with Gasteiger partial charge in [0.05, 0.1) is 11.9 Å². The molecule has 0 saturated heterocycles. The van der Waals surface area contributed by atoms with Gasteiger partial charge in [-0.2, -0.15) is 5.10 Å². The molecule has 0 radical (unpaired) electrons. The molecule has 0 aliphatic rings. The van der Waals surface area contributed by atoms with Crippen LogP contribution < -0.4 is 5.32 Å². The molecule has 90 valence electrons. The average Bonchev–Trinajstić information content (AvgIpc) is 2.68. The lowest BCUT2D eigenvalue weighted by atomic mass is 10.3. The predicted octanol–water partition coefficient (Wildman–Crippen LogP) is 2.63. The van der Waals surface area contributed by atoms with Crippen molar-refractivity contribution < 1.29 is 0 Å². The van der Waals surface area contributed by atoms with Crippen LogP contribution in [0.1, 0.15) is 11.3 Å². The Balaban J connectivity index is 1.90. The van der Waals surface area contributed by atoms with Crippen LogP contribution in [0.25, 0.3) is 0 Å². The Morgan fingerprint density at radius 1 is 1.29 bits per heavy atom. The summed E-state index contributed by atoms with van der Waals surface area (Å²) in [4.78, 5) is 4.34. The summed E-state index contributed by atoms with van der Waals surface area (Å²) in [5.74, 6) is 0. The lowest BCUT2D eigenvalue weighted by Crippen LogP contribution is -2.13. The standard InChI is InChI=1S/C11H12Br2N4/c1-17-7-8(4-16-17)3-14-6-11-10(13)2-9(12)5-15-11/h2,4-5,7,14H,3,6H2,1H3. The number of nitrogens with zero attached hydrogens (tertiary/aromatic N) is 3. The van der Waals surface area contributed by atoms with Gasteiger partial charge in [0, 0.05) is 47.0 Å². The summed E-state index contributed by atoms with van der Waals surface area (Å²) in [6.07, 6.45) is 5.65. The number of aryl methyl sites for hydroxylation is 1. The van der Waals surface area contributed by atoms with Crippen LogP contribution in [-0.2, 0) is 20.1 Å². The highest BCUT2D eigenvalue weighted by atomic mass is 79.9. The van der Waals surface area contributed by atoms with Gasteiger partial charge in [-0.15, -0.1) is 0 Å². The monoisotopic (exact) mass is 358 g/mol. The number of nitrogens with one attached hydrogen (secondary N) is 1. The van der Waals surface area contributed by atoms with Crippen LogP contribution in [0.4, 0.5) is 0 Å². The van der Waals surface area contributed by atoms with Gasteiger partial charge < -0.3 is 5.32 Å². The molecule has 0 fully saturated rings. The second kappa shape index (κ2) is 5.75. The van der Waals surface area contributed by atoms with Crippen LogP contribution in [0.2, 0.25) is 0 Å². The normalized spacial score (nSPS) is 10.8. The van der Waals surface area contributed by atoms with E-state index in [1.54, 1.807) is 10.9 Å². The topological polar surface area (TPSA) is 42.7 Å². The fourth-order valence-corrected chi connectivity index (χ4v) is 2.59. The number of hydrogen-bond acceptors (Lipinski definition) is 3. The van der Waals surface area contributed by atoms with Gasteiger partial charge in [-0.1, -0.05) is 0 Å². The molecule has 2 heterocycles. The van der Waals surface area contributed by atoms with Gasteiger partial charge in [-0.25, -0.2) is 0 Å². The highest BCUT2D eigenvalue weighted by Crippen LogP contribution is 2.19. The summed E-state index contributed by atoms with van der Waals surface area (Å²) in [5, 5.41) is 7.45. The molecular formula is C11H12Br2N4. The molecule has 0 aromatic carbocycles. The summed E-state index contributed by atoms with van der Waals surface area (Å²) < 4.78 is 3.77. The predicted molar refractivity (Wildman–Crippen MR) is 73.4 cm³/mol. The molecule has 0 bridgehead atoms. The minimum absolute atomic E-state index is 0.725. The minimum atomic E-state index is 0.725. The van der Waals surface area contributed by atoms with Crippen molar-refractivity contribution in [2.75, 3.05) is 0 Å². The Morgan fingerprint density at radius 2 is 2.12 bits per heavy atom. The van der Waals surface area contributed by atoms with Crippen LogP contribution in [0.15, 0.2) is 33.6 Å². The number of hydrogen-bond donors (Lipinski definition) is 1. The van der Waals surface area contributed by atoms with E-state index in [-0.39, 0.29) is 0 Å². The molecule has 2 aromatic heterocycles. The van der Waals surface area contributed by atoms with Crippen molar-refractivity contribution in [3.05, 3.63) is 44.9 Å². The largest absolute Gasteiger partial charge is 0.307 e. The smallest absolute Gasteiger partial charge is 0.0684 e. The maximum absolute atomic E-state index is 4.34. The van der Waals surface area contributed by atoms with Crippen molar-refractivity contribution >= 4 is 31.9 Å². The molecule has 0 saturated carbocycles. The first-order valence-electron chi connectivity index (χ1n) is 5.13. The Hall–Kier alpha value is -0.720. The molecular weight excluding hydrogens is 348 g/mol. The molecule has 4 nitrogen and oxygen atoms in total. The Bertz CT molecular complexity index is 510. The zero-order valence-corrected chi connectivity index (χ0v) is 12.5. The molecule has 0 amide bonds. The SMILES string of the molecule is Cn1cc(CNCc2ncc(Br)cc2Br)cn1. The van der Waals surface area contributed by atoms with Crippen molar-refractivity contribution in [1.82, 2.24) is 20.1 Å². The molecule has 0 atom stereocenters. The second-order valence-corrected chi connectivity index (χ2v) is 5.48.